The molecule has 0 aliphatic rings. The topological polar surface area (TPSA) is 93.7 Å². The largest absolute Gasteiger partial charge is 0.467 e. The fourth-order valence-electron chi connectivity index (χ4n) is 2.62. The van der Waals surface area contributed by atoms with Crippen LogP contribution in [0.2, 0.25) is 18.1 Å². The lowest BCUT2D eigenvalue weighted by atomic mass is 10.0. The lowest BCUT2D eigenvalue weighted by Crippen LogP contribution is -2.53. The van der Waals surface area contributed by atoms with Crippen molar-refractivity contribution in [3.8, 4) is 0 Å². The molecular weight excluding hydrogens is 419 g/mol. The number of esters is 1. The highest BCUT2D eigenvalue weighted by Gasteiger charge is 2.37. The molecule has 2 amide bonds. The van der Waals surface area contributed by atoms with E-state index in [9.17, 15) is 18.8 Å². The van der Waals surface area contributed by atoms with Crippen molar-refractivity contribution in [1.82, 2.24) is 10.6 Å². The molecule has 0 bridgehead atoms. The van der Waals surface area contributed by atoms with E-state index in [0.717, 1.165) is 0 Å². The number of nitrogens with one attached hydrogen (secondary N) is 2. The second kappa shape index (κ2) is 11.4. The Morgan fingerprint density at radius 3 is 2.13 bits per heavy atom. The van der Waals surface area contributed by atoms with Gasteiger partial charge in [0.15, 0.2) is 8.32 Å². The molecule has 0 radical (unpaired) electrons. The van der Waals surface area contributed by atoms with E-state index < -0.39 is 44.0 Å². The minimum atomic E-state index is -2.01. The number of hydrogen-bond acceptors (Lipinski definition) is 5. The molecule has 1 rings (SSSR count). The Hall–Kier alpha value is -2.26. The first-order valence-corrected chi connectivity index (χ1v) is 13.2. The number of carbonyl (C=O) groups is 3. The lowest BCUT2D eigenvalue weighted by molar-refractivity contribution is -0.145. The summed E-state index contributed by atoms with van der Waals surface area (Å²) in [4.78, 5) is 36.7. The van der Waals surface area contributed by atoms with Crippen LogP contribution in [0.25, 0.3) is 0 Å². The zero-order valence-corrected chi connectivity index (χ0v) is 20.5. The van der Waals surface area contributed by atoms with Crippen LogP contribution in [0.3, 0.4) is 0 Å². The molecule has 1 aromatic rings. The first-order chi connectivity index (χ1) is 14.3. The molecule has 2 N–H and O–H groups in total. The molecular formula is C22H35FN2O5Si. The van der Waals surface area contributed by atoms with Gasteiger partial charge in [0.1, 0.15) is 17.9 Å². The number of hydrogen-bond donors (Lipinski definition) is 2. The quantitative estimate of drug-likeness (QED) is 0.419. The van der Waals surface area contributed by atoms with Gasteiger partial charge in [0.25, 0.3) is 0 Å². The fraction of sp³-hybridized carbons (Fsp3) is 0.591. The van der Waals surface area contributed by atoms with Crippen LogP contribution in [-0.2, 0) is 30.0 Å². The van der Waals surface area contributed by atoms with Gasteiger partial charge in [-0.15, -0.1) is 0 Å². The highest BCUT2D eigenvalue weighted by Crippen LogP contribution is 2.36. The van der Waals surface area contributed by atoms with Gasteiger partial charge in [-0.1, -0.05) is 32.9 Å². The van der Waals surface area contributed by atoms with Crippen molar-refractivity contribution in [2.24, 2.45) is 0 Å². The summed E-state index contributed by atoms with van der Waals surface area (Å²) in [5.41, 5.74) is 0.672. The van der Waals surface area contributed by atoms with Crippen LogP contribution in [0.4, 0.5) is 4.39 Å². The van der Waals surface area contributed by atoms with Gasteiger partial charge in [0.2, 0.25) is 11.8 Å². The third-order valence-electron chi connectivity index (χ3n) is 5.52. The molecule has 0 aliphatic carbocycles. The standard InChI is InChI=1S/C22H35FN2O5Si/c1-15(26)24-19(14-16-8-10-17(23)11-9-16)20(27)25-18(21(28)29-5)12-13-30-31(6,7)22(2,3)4/h8-11,18-19H,12-14H2,1-7H3,(H,24,26)(H,25,27)/t18-,19+/m1/s1. The monoisotopic (exact) mass is 454 g/mol. The zero-order chi connectivity index (χ0) is 23.8. The van der Waals surface area contributed by atoms with Crippen LogP contribution >= 0.6 is 0 Å². The highest BCUT2D eigenvalue weighted by molar-refractivity contribution is 6.74. The number of carbonyl (C=O) groups excluding carboxylic acids is 3. The number of halogens is 1. The minimum absolute atomic E-state index is 0.0165. The Balaban J connectivity index is 2.86. The average molecular weight is 455 g/mol. The van der Waals surface area contributed by atoms with E-state index in [1.54, 1.807) is 12.1 Å². The summed E-state index contributed by atoms with van der Waals surface area (Å²) in [7, 11) is -0.758. The van der Waals surface area contributed by atoms with Gasteiger partial charge in [-0.2, -0.15) is 0 Å². The smallest absolute Gasteiger partial charge is 0.328 e. The SMILES string of the molecule is COC(=O)[C@@H](CCO[Si](C)(C)C(C)(C)C)NC(=O)[C@H](Cc1ccc(F)cc1)NC(C)=O. The van der Waals surface area contributed by atoms with Crippen LogP contribution in [-0.4, -0.2) is 51.9 Å². The van der Waals surface area contributed by atoms with Crippen LogP contribution < -0.4 is 10.6 Å². The zero-order valence-electron chi connectivity index (χ0n) is 19.5. The molecule has 1 aromatic carbocycles. The summed E-state index contributed by atoms with van der Waals surface area (Å²) in [5, 5.41) is 5.26. The molecule has 0 aliphatic heterocycles. The van der Waals surface area contributed by atoms with E-state index in [4.69, 9.17) is 9.16 Å². The van der Waals surface area contributed by atoms with Crippen LogP contribution in [0, 0.1) is 5.82 Å². The molecule has 9 heteroatoms. The molecule has 31 heavy (non-hydrogen) atoms. The third kappa shape index (κ3) is 8.78. The normalized spacial score (nSPS) is 13.8. The summed E-state index contributed by atoms with van der Waals surface area (Å²) in [6.45, 7) is 12.2. The predicted octanol–water partition coefficient (Wildman–Crippen LogP) is 2.94. The first kappa shape index (κ1) is 26.8. The van der Waals surface area contributed by atoms with Gasteiger partial charge in [-0.25, -0.2) is 9.18 Å². The number of methoxy groups -OCH3 is 1. The maximum absolute atomic E-state index is 13.2. The van der Waals surface area contributed by atoms with Crippen LogP contribution in [0.1, 0.15) is 39.7 Å². The van der Waals surface area contributed by atoms with E-state index in [-0.39, 0.29) is 17.9 Å². The predicted molar refractivity (Wildman–Crippen MR) is 119 cm³/mol. The van der Waals surface area contributed by atoms with Crippen molar-refractivity contribution in [1.29, 1.82) is 0 Å². The van der Waals surface area contributed by atoms with Crippen molar-refractivity contribution in [2.45, 2.75) is 70.8 Å². The summed E-state index contributed by atoms with van der Waals surface area (Å²) >= 11 is 0. The maximum atomic E-state index is 13.2. The van der Waals surface area contributed by atoms with E-state index in [1.807, 2.05) is 0 Å². The van der Waals surface area contributed by atoms with Crippen molar-refractivity contribution < 1.29 is 27.9 Å². The van der Waals surface area contributed by atoms with Gasteiger partial charge < -0.3 is 19.8 Å². The Kier molecular flexibility index (Phi) is 9.83. The van der Waals surface area contributed by atoms with E-state index >= 15 is 0 Å². The Morgan fingerprint density at radius 2 is 1.65 bits per heavy atom. The summed E-state index contributed by atoms with van der Waals surface area (Å²) in [6, 6.07) is 3.83. The third-order valence-corrected chi connectivity index (χ3v) is 10.1. The van der Waals surface area contributed by atoms with Gasteiger partial charge in [0.05, 0.1) is 7.11 Å². The molecule has 0 saturated heterocycles. The molecule has 0 fully saturated rings. The second-order valence-corrected chi connectivity index (χ2v) is 13.9. The van der Waals surface area contributed by atoms with Crippen molar-refractivity contribution in [3.05, 3.63) is 35.6 Å². The van der Waals surface area contributed by atoms with Gasteiger partial charge >= 0.3 is 5.97 Å². The lowest BCUT2D eigenvalue weighted by Gasteiger charge is -2.36. The molecule has 0 unspecified atom stereocenters. The molecule has 7 nitrogen and oxygen atoms in total. The molecule has 0 aromatic heterocycles. The van der Waals surface area contributed by atoms with Gasteiger partial charge in [-0.05, 0) is 35.8 Å². The second-order valence-electron chi connectivity index (χ2n) is 9.07. The number of rotatable bonds is 10. The maximum Gasteiger partial charge on any atom is 0.328 e. The summed E-state index contributed by atoms with van der Waals surface area (Å²) < 4.78 is 24.1. The van der Waals surface area contributed by atoms with Gasteiger partial charge in [-0.3, -0.25) is 9.59 Å². The number of ether oxygens (including phenoxy) is 1. The van der Waals surface area contributed by atoms with Crippen molar-refractivity contribution >= 4 is 26.1 Å². The van der Waals surface area contributed by atoms with Crippen LogP contribution in [0.5, 0.6) is 0 Å². The molecule has 2 atom stereocenters. The minimum Gasteiger partial charge on any atom is -0.467 e. The number of amides is 2. The Bertz CT molecular complexity index is 762. The van der Waals surface area contributed by atoms with Crippen molar-refractivity contribution in [2.75, 3.05) is 13.7 Å². The van der Waals surface area contributed by atoms with Gasteiger partial charge in [0, 0.05) is 26.4 Å². The number of benzene rings is 1. The molecule has 0 heterocycles. The van der Waals surface area contributed by atoms with E-state index in [2.05, 4.69) is 44.5 Å². The van der Waals surface area contributed by atoms with Crippen molar-refractivity contribution in [3.63, 3.8) is 0 Å². The highest BCUT2D eigenvalue weighted by atomic mass is 28.4. The molecule has 0 saturated carbocycles. The fourth-order valence-corrected chi connectivity index (χ4v) is 3.68. The first-order valence-electron chi connectivity index (χ1n) is 10.3. The van der Waals surface area contributed by atoms with E-state index in [1.165, 1.54) is 26.2 Å². The molecule has 174 valence electrons. The summed E-state index contributed by atoms with van der Waals surface area (Å²) in [5.74, 6) is -1.90. The summed E-state index contributed by atoms with van der Waals surface area (Å²) in [6.07, 6.45) is 0.397. The average Bonchev–Trinajstić information content (AvgIpc) is 2.66. The van der Waals surface area contributed by atoms with Crippen LogP contribution in [0.15, 0.2) is 24.3 Å². The Morgan fingerprint density at radius 1 is 1.06 bits per heavy atom. The van der Waals surface area contributed by atoms with E-state index in [0.29, 0.717) is 12.2 Å². The Labute approximate surface area is 185 Å². The molecule has 0 spiro atoms.